The molecule has 132 valence electrons. The van der Waals surface area contributed by atoms with Crippen LogP contribution in [0.3, 0.4) is 0 Å². The molecule has 1 heterocycles. The molecule has 0 saturated heterocycles. The lowest BCUT2D eigenvalue weighted by Gasteiger charge is -2.14. The maximum Gasteiger partial charge on any atom is 0.418 e. The van der Waals surface area contributed by atoms with Gasteiger partial charge in [-0.15, -0.1) is 5.11 Å². The summed E-state index contributed by atoms with van der Waals surface area (Å²) in [6, 6.07) is 16.3. The van der Waals surface area contributed by atoms with Crippen LogP contribution in [0, 0.1) is 0 Å². The molecular formula is C18H12F3N3O2. The molecule has 8 heteroatoms. The quantitative estimate of drug-likeness (QED) is 0.671. The van der Waals surface area contributed by atoms with E-state index in [4.69, 9.17) is 0 Å². The van der Waals surface area contributed by atoms with Gasteiger partial charge in [0.1, 0.15) is 0 Å². The Labute approximate surface area is 145 Å². The van der Waals surface area contributed by atoms with E-state index in [9.17, 15) is 23.1 Å². The summed E-state index contributed by atoms with van der Waals surface area (Å²) in [5.41, 5.74) is -2.70. The molecule has 0 atom stereocenters. The topological polar surface area (TPSA) is 66.9 Å². The van der Waals surface area contributed by atoms with Crippen molar-refractivity contribution in [3.05, 3.63) is 82.6 Å². The van der Waals surface area contributed by atoms with Gasteiger partial charge in [-0.1, -0.05) is 36.4 Å². The van der Waals surface area contributed by atoms with Crippen LogP contribution in [0.2, 0.25) is 0 Å². The van der Waals surface area contributed by atoms with Crippen molar-refractivity contribution in [2.45, 2.75) is 6.18 Å². The lowest BCUT2D eigenvalue weighted by Crippen LogP contribution is -2.21. The van der Waals surface area contributed by atoms with Gasteiger partial charge in [-0.3, -0.25) is 4.79 Å². The maximum atomic E-state index is 13.3. The Morgan fingerprint density at radius 2 is 1.46 bits per heavy atom. The molecule has 5 nitrogen and oxygen atoms in total. The molecular weight excluding hydrogens is 347 g/mol. The van der Waals surface area contributed by atoms with Crippen LogP contribution in [0.15, 0.2) is 81.8 Å². The minimum atomic E-state index is -4.88. The number of para-hydroxylation sites is 1. The van der Waals surface area contributed by atoms with Crippen molar-refractivity contribution in [2.24, 2.45) is 10.2 Å². The van der Waals surface area contributed by atoms with Crippen LogP contribution in [0.5, 0.6) is 5.88 Å². The average molecular weight is 359 g/mol. The highest BCUT2D eigenvalue weighted by Gasteiger charge is 2.37. The third-order valence-corrected chi connectivity index (χ3v) is 3.51. The van der Waals surface area contributed by atoms with E-state index in [2.05, 4.69) is 10.2 Å². The summed E-state index contributed by atoms with van der Waals surface area (Å²) in [4.78, 5) is 12.2. The smallest absolute Gasteiger partial charge is 0.418 e. The Bertz CT molecular complexity index is 998. The van der Waals surface area contributed by atoms with E-state index < -0.39 is 28.9 Å². The first-order chi connectivity index (χ1) is 12.4. The van der Waals surface area contributed by atoms with Gasteiger partial charge < -0.3 is 5.11 Å². The van der Waals surface area contributed by atoms with Crippen molar-refractivity contribution in [3.63, 3.8) is 0 Å². The van der Waals surface area contributed by atoms with E-state index in [0.717, 1.165) is 4.57 Å². The van der Waals surface area contributed by atoms with Crippen molar-refractivity contribution in [3.8, 4) is 11.6 Å². The third-order valence-electron chi connectivity index (χ3n) is 3.51. The standard InChI is InChI=1S/C18H12F3N3O2/c19-18(20,21)14-11-15(25)24(13-9-5-2-6-10-13)17(26)16(14)23-22-12-7-3-1-4-8-12/h1-11,26H. The van der Waals surface area contributed by atoms with E-state index in [0.29, 0.717) is 11.8 Å². The highest BCUT2D eigenvalue weighted by Crippen LogP contribution is 2.41. The van der Waals surface area contributed by atoms with Gasteiger partial charge in [-0.05, 0) is 24.3 Å². The van der Waals surface area contributed by atoms with Crippen LogP contribution in [0.1, 0.15) is 5.56 Å². The predicted molar refractivity (Wildman–Crippen MR) is 89.3 cm³/mol. The molecule has 0 spiro atoms. The van der Waals surface area contributed by atoms with E-state index in [-0.39, 0.29) is 5.69 Å². The number of halogens is 3. The Hall–Kier alpha value is -3.42. The molecule has 0 radical (unpaired) electrons. The fourth-order valence-electron chi connectivity index (χ4n) is 2.33. The maximum absolute atomic E-state index is 13.3. The van der Waals surface area contributed by atoms with Crippen LogP contribution in [-0.2, 0) is 6.18 Å². The van der Waals surface area contributed by atoms with E-state index >= 15 is 0 Å². The first-order valence-corrected chi connectivity index (χ1v) is 7.46. The normalized spacial score (nSPS) is 11.8. The fourth-order valence-corrected chi connectivity index (χ4v) is 2.33. The number of aromatic nitrogens is 1. The molecule has 3 rings (SSSR count). The molecule has 0 aliphatic carbocycles. The lowest BCUT2D eigenvalue weighted by atomic mass is 10.2. The van der Waals surface area contributed by atoms with Gasteiger partial charge in [-0.2, -0.15) is 18.3 Å². The summed E-state index contributed by atoms with van der Waals surface area (Å²) < 4.78 is 40.7. The molecule has 0 amide bonds. The van der Waals surface area contributed by atoms with Gasteiger partial charge in [0.2, 0.25) is 5.88 Å². The number of alkyl halides is 3. The van der Waals surface area contributed by atoms with Crippen molar-refractivity contribution >= 4 is 11.4 Å². The molecule has 0 bridgehead atoms. The van der Waals surface area contributed by atoms with Crippen molar-refractivity contribution in [1.29, 1.82) is 0 Å². The number of hydrogen-bond donors (Lipinski definition) is 1. The van der Waals surface area contributed by atoms with Gasteiger partial charge in [0.05, 0.1) is 16.9 Å². The fraction of sp³-hybridized carbons (Fsp3) is 0.0556. The summed E-state index contributed by atoms with van der Waals surface area (Å²) in [5, 5.41) is 17.6. The number of aromatic hydroxyl groups is 1. The summed E-state index contributed by atoms with van der Waals surface area (Å²) in [5.74, 6) is -0.935. The van der Waals surface area contributed by atoms with Crippen LogP contribution >= 0.6 is 0 Å². The van der Waals surface area contributed by atoms with E-state index in [1.807, 2.05) is 0 Å². The first-order valence-electron chi connectivity index (χ1n) is 7.46. The number of rotatable bonds is 3. The second-order valence-electron chi connectivity index (χ2n) is 5.27. The zero-order valence-corrected chi connectivity index (χ0v) is 13.2. The lowest BCUT2D eigenvalue weighted by molar-refractivity contribution is -0.137. The van der Waals surface area contributed by atoms with E-state index in [1.165, 1.54) is 12.1 Å². The molecule has 1 N–H and O–H groups in total. The Kier molecular flexibility index (Phi) is 4.57. The van der Waals surface area contributed by atoms with Crippen LogP contribution in [0.4, 0.5) is 24.5 Å². The molecule has 3 aromatic rings. The SMILES string of the molecule is O=c1cc(C(F)(F)F)c(N=Nc2ccccc2)c(O)n1-c1ccccc1. The van der Waals surface area contributed by atoms with Gasteiger partial charge in [0.25, 0.3) is 5.56 Å². The highest BCUT2D eigenvalue weighted by molar-refractivity contribution is 5.58. The molecule has 0 aliphatic rings. The second kappa shape index (κ2) is 6.83. The second-order valence-corrected chi connectivity index (χ2v) is 5.27. The van der Waals surface area contributed by atoms with Crippen molar-refractivity contribution in [1.82, 2.24) is 4.57 Å². The Morgan fingerprint density at radius 3 is 2.04 bits per heavy atom. The molecule has 0 fully saturated rings. The summed E-state index contributed by atoms with van der Waals surface area (Å²) in [7, 11) is 0. The zero-order chi connectivity index (χ0) is 18.7. The number of nitrogens with zero attached hydrogens (tertiary/aromatic N) is 3. The third kappa shape index (κ3) is 3.49. The molecule has 2 aromatic carbocycles. The first kappa shape index (κ1) is 17.4. The summed E-state index contributed by atoms with van der Waals surface area (Å²) >= 11 is 0. The number of pyridine rings is 1. The summed E-state index contributed by atoms with van der Waals surface area (Å²) in [6.07, 6.45) is -4.88. The molecule has 0 saturated carbocycles. The van der Waals surface area contributed by atoms with Gasteiger partial charge in [0.15, 0.2) is 5.69 Å². The predicted octanol–water partition coefficient (Wildman–Crippen LogP) is 4.98. The average Bonchev–Trinajstić information content (AvgIpc) is 2.61. The van der Waals surface area contributed by atoms with Gasteiger partial charge >= 0.3 is 6.18 Å². The Morgan fingerprint density at radius 1 is 0.885 bits per heavy atom. The molecule has 0 unspecified atom stereocenters. The molecule has 0 aliphatic heterocycles. The number of hydrogen-bond acceptors (Lipinski definition) is 4. The molecule has 26 heavy (non-hydrogen) atoms. The Balaban J connectivity index is 2.23. The van der Waals surface area contributed by atoms with E-state index in [1.54, 1.807) is 48.5 Å². The van der Waals surface area contributed by atoms with Gasteiger partial charge in [0, 0.05) is 6.07 Å². The molecule has 1 aromatic heterocycles. The van der Waals surface area contributed by atoms with Crippen LogP contribution in [0.25, 0.3) is 5.69 Å². The zero-order valence-electron chi connectivity index (χ0n) is 13.2. The minimum Gasteiger partial charge on any atom is -0.493 e. The number of benzene rings is 2. The van der Waals surface area contributed by atoms with Crippen LogP contribution in [-0.4, -0.2) is 9.67 Å². The number of azo groups is 1. The monoisotopic (exact) mass is 359 g/mol. The largest absolute Gasteiger partial charge is 0.493 e. The van der Waals surface area contributed by atoms with Crippen molar-refractivity contribution in [2.75, 3.05) is 0 Å². The van der Waals surface area contributed by atoms with Gasteiger partial charge in [-0.25, -0.2) is 4.57 Å². The summed E-state index contributed by atoms with van der Waals surface area (Å²) in [6.45, 7) is 0. The minimum absolute atomic E-state index is 0.208. The van der Waals surface area contributed by atoms with Crippen molar-refractivity contribution < 1.29 is 18.3 Å². The highest BCUT2D eigenvalue weighted by atomic mass is 19.4. The van der Waals surface area contributed by atoms with Crippen LogP contribution < -0.4 is 5.56 Å².